The van der Waals surface area contributed by atoms with E-state index in [1.807, 2.05) is 0 Å². The summed E-state index contributed by atoms with van der Waals surface area (Å²) in [6, 6.07) is 0.102. The molecule has 2 fully saturated rings. The Morgan fingerprint density at radius 2 is 1.94 bits per heavy atom. The zero-order valence-corrected chi connectivity index (χ0v) is 13.2. The molecule has 0 N–H and O–H groups in total. The van der Waals surface area contributed by atoms with Crippen LogP contribution in [0.2, 0.25) is 0 Å². The van der Waals surface area contributed by atoms with Crippen molar-refractivity contribution in [1.29, 1.82) is 0 Å². The summed E-state index contributed by atoms with van der Waals surface area (Å²) in [6.07, 6.45) is 6.07. The molecule has 0 aromatic rings. The van der Waals surface area contributed by atoms with E-state index < -0.39 is 10.0 Å². The SMILES string of the molecule is CN(C1CCCCC1Br)S(=O)(=O)CC1CCCO1. The molecule has 18 heavy (non-hydrogen) atoms. The number of ether oxygens (including phenoxy) is 1. The number of alkyl halides is 1. The highest BCUT2D eigenvalue weighted by Gasteiger charge is 2.35. The molecule has 0 amide bonds. The highest BCUT2D eigenvalue weighted by atomic mass is 79.9. The van der Waals surface area contributed by atoms with Crippen molar-refractivity contribution in [2.45, 2.75) is 55.5 Å². The van der Waals surface area contributed by atoms with Crippen LogP contribution in [-0.4, -0.2) is 49.1 Å². The molecule has 1 heterocycles. The lowest BCUT2D eigenvalue weighted by Gasteiger charge is -2.34. The predicted octanol–water partition coefficient (Wildman–Crippen LogP) is 2.13. The Kier molecular flexibility index (Phi) is 5.08. The monoisotopic (exact) mass is 339 g/mol. The van der Waals surface area contributed by atoms with Crippen LogP contribution in [0.25, 0.3) is 0 Å². The summed E-state index contributed by atoms with van der Waals surface area (Å²) in [5.41, 5.74) is 0. The molecule has 2 aliphatic rings. The van der Waals surface area contributed by atoms with Gasteiger partial charge in [-0.2, -0.15) is 0 Å². The maximum atomic E-state index is 12.4. The van der Waals surface area contributed by atoms with Crippen LogP contribution in [0.4, 0.5) is 0 Å². The van der Waals surface area contributed by atoms with Gasteiger partial charge >= 0.3 is 0 Å². The van der Waals surface area contributed by atoms with Gasteiger partial charge in [0.1, 0.15) is 0 Å². The third-order valence-electron chi connectivity index (χ3n) is 3.97. The van der Waals surface area contributed by atoms with Gasteiger partial charge in [0, 0.05) is 24.5 Å². The molecule has 2 rings (SSSR count). The fourth-order valence-electron chi connectivity index (χ4n) is 2.81. The molecule has 3 atom stereocenters. The first-order chi connectivity index (χ1) is 8.50. The molecule has 0 aromatic carbocycles. The lowest BCUT2D eigenvalue weighted by molar-refractivity contribution is 0.126. The molecular formula is C12H22BrNO3S. The van der Waals surface area contributed by atoms with Gasteiger partial charge in [0.15, 0.2) is 0 Å². The van der Waals surface area contributed by atoms with Gasteiger partial charge in [0.05, 0.1) is 11.9 Å². The van der Waals surface area contributed by atoms with Gasteiger partial charge in [-0.1, -0.05) is 28.8 Å². The van der Waals surface area contributed by atoms with Crippen LogP contribution < -0.4 is 0 Å². The van der Waals surface area contributed by atoms with E-state index in [9.17, 15) is 8.42 Å². The van der Waals surface area contributed by atoms with E-state index in [1.165, 1.54) is 6.42 Å². The lowest BCUT2D eigenvalue weighted by atomic mass is 9.96. The van der Waals surface area contributed by atoms with E-state index >= 15 is 0 Å². The molecule has 1 saturated carbocycles. The van der Waals surface area contributed by atoms with Crippen LogP contribution in [-0.2, 0) is 14.8 Å². The first-order valence-electron chi connectivity index (χ1n) is 6.72. The quantitative estimate of drug-likeness (QED) is 0.737. The summed E-state index contributed by atoms with van der Waals surface area (Å²) in [5.74, 6) is 0.139. The van der Waals surface area contributed by atoms with Gasteiger partial charge in [0.2, 0.25) is 10.0 Å². The molecule has 0 radical (unpaired) electrons. The Labute approximate surface area is 118 Å². The smallest absolute Gasteiger partial charge is 0.216 e. The molecule has 6 heteroatoms. The summed E-state index contributed by atoms with van der Waals surface area (Å²) in [4.78, 5) is 0.288. The Bertz CT molecular complexity index is 368. The van der Waals surface area contributed by atoms with Crippen LogP contribution >= 0.6 is 15.9 Å². The number of hydrogen-bond acceptors (Lipinski definition) is 3. The second-order valence-electron chi connectivity index (χ2n) is 5.30. The Balaban J connectivity index is 1.99. The average molecular weight is 340 g/mol. The maximum absolute atomic E-state index is 12.4. The summed E-state index contributed by atoms with van der Waals surface area (Å²) >= 11 is 3.62. The van der Waals surface area contributed by atoms with Crippen molar-refractivity contribution < 1.29 is 13.2 Å². The first-order valence-corrected chi connectivity index (χ1v) is 9.24. The third-order valence-corrected chi connectivity index (χ3v) is 6.98. The second kappa shape index (κ2) is 6.20. The minimum absolute atomic E-state index is 0.102. The summed E-state index contributed by atoms with van der Waals surface area (Å²) in [7, 11) is -1.48. The van der Waals surface area contributed by atoms with Crippen molar-refractivity contribution in [3.63, 3.8) is 0 Å². The van der Waals surface area contributed by atoms with E-state index in [0.717, 1.165) is 32.1 Å². The number of halogens is 1. The zero-order valence-electron chi connectivity index (χ0n) is 10.8. The van der Waals surface area contributed by atoms with Crippen molar-refractivity contribution in [3.8, 4) is 0 Å². The van der Waals surface area contributed by atoms with Gasteiger partial charge in [-0.05, 0) is 25.7 Å². The third kappa shape index (κ3) is 3.46. The van der Waals surface area contributed by atoms with Gasteiger partial charge in [0.25, 0.3) is 0 Å². The molecule has 4 nitrogen and oxygen atoms in total. The average Bonchev–Trinajstić information content (AvgIpc) is 2.81. The minimum Gasteiger partial charge on any atom is -0.377 e. The fraction of sp³-hybridized carbons (Fsp3) is 1.00. The fourth-order valence-corrected chi connectivity index (χ4v) is 5.54. The molecule has 106 valence electrons. The number of rotatable bonds is 4. The molecule has 0 bridgehead atoms. The van der Waals surface area contributed by atoms with E-state index in [2.05, 4.69) is 15.9 Å². The van der Waals surface area contributed by atoms with Crippen LogP contribution in [0.3, 0.4) is 0 Å². The lowest BCUT2D eigenvalue weighted by Crippen LogP contribution is -2.46. The minimum atomic E-state index is -3.20. The summed E-state index contributed by atoms with van der Waals surface area (Å²) in [6.45, 7) is 0.703. The first kappa shape index (κ1) is 14.8. The second-order valence-corrected chi connectivity index (χ2v) is 8.55. The molecule has 1 saturated heterocycles. The topological polar surface area (TPSA) is 46.6 Å². The summed E-state index contributed by atoms with van der Waals surface area (Å²) in [5, 5.41) is 0. The molecule has 1 aliphatic heterocycles. The van der Waals surface area contributed by atoms with Gasteiger partial charge in [-0.3, -0.25) is 0 Å². The van der Waals surface area contributed by atoms with Gasteiger partial charge in [-0.25, -0.2) is 12.7 Å². The highest BCUT2D eigenvalue weighted by molar-refractivity contribution is 9.09. The number of hydrogen-bond donors (Lipinski definition) is 0. The highest BCUT2D eigenvalue weighted by Crippen LogP contribution is 2.30. The van der Waals surface area contributed by atoms with Crippen molar-refractivity contribution in [2.75, 3.05) is 19.4 Å². The van der Waals surface area contributed by atoms with Crippen molar-refractivity contribution in [1.82, 2.24) is 4.31 Å². The van der Waals surface area contributed by atoms with E-state index in [1.54, 1.807) is 11.4 Å². The Morgan fingerprint density at radius 1 is 1.22 bits per heavy atom. The van der Waals surface area contributed by atoms with Crippen LogP contribution in [0, 0.1) is 0 Å². The Hall–Kier alpha value is 0.350. The Morgan fingerprint density at radius 3 is 2.56 bits per heavy atom. The van der Waals surface area contributed by atoms with E-state index in [-0.39, 0.29) is 22.7 Å². The van der Waals surface area contributed by atoms with Crippen LogP contribution in [0.15, 0.2) is 0 Å². The maximum Gasteiger partial charge on any atom is 0.216 e. The van der Waals surface area contributed by atoms with E-state index in [4.69, 9.17) is 4.74 Å². The standard InChI is InChI=1S/C12H22BrNO3S/c1-14(12-7-3-2-6-11(12)13)18(15,16)9-10-5-4-8-17-10/h10-12H,2-9H2,1H3. The normalized spacial score (nSPS) is 34.1. The molecule has 0 spiro atoms. The molecule has 3 unspecified atom stereocenters. The zero-order chi connectivity index (χ0) is 13.2. The number of nitrogens with zero attached hydrogens (tertiary/aromatic N) is 1. The largest absolute Gasteiger partial charge is 0.377 e. The molecular weight excluding hydrogens is 318 g/mol. The summed E-state index contributed by atoms with van der Waals surface area (Å²) < 4.78 is 31.7. The molecule has 1 aliphatic carbocycles. The number of sulfonamides is 1. The van der Waals surface area contributed by atoms with Crippen molar-refractivity contribution in [2.24, 2.45) is 0 Å². The van der Waals surface area contributed by atoms with Crippen LogP contribution in [0.5, 0.6) is 0 Å². The van der Waals surface area contributed by atoms with Crippen LogP contribution in [0.1, 0.15) is 38.5 Å². The van der Waals surface area contributed by atoms with E-state index in [0.29, 0.717) is 6.61 Å². The van der Waals surface area contributed by atoms with Gasteiger partial charge < -0.3 is 4.74 Å². The van der Waals surface area contributed by atoms with Gasteiger partial charge in [-0.15, -0.1) is 0 Å². The van der Waals surface area contributed by atoms with Crippen molar-refractivity contribution in [3.05, 3.63) is 0 Å². The molecule has 0 aromatic heterocycles. The van der Waals surface area contributed by atoms with Crippen molar-refractivity contribution >= 4 is 26.0 Å². The predicted molar refractivity (Wildman–Crippen MR) is 75.5 cm³/mol.